The maximum atomic E-state index is 12.9. The maximum absolute atomic E-state index is 12.9. The quantitative estimate of drug-likeness (QED) is 0.740. The summed E-state index contributed by atoms with van der Waals surface area (Å²) in [4.78, 5) is 11.7. The number of rotatable bonds is 2. The monoisotopic (exact) mass is 235 g/mol. The highest BCUT2D eigenvalue weighted by molar-refractivity contribution is 5.89. The molecule has 0 bridgehead atoms. The molecule has 0 N–H and O–H groups in total. The van der Waals surface area contributed by atoms with E-state index in [-0.39, 0.29) is 5.56 Å². The normalized spacial score (nSPS) is 12.6. The molecule has 90 valence electrons. The largest absolute Gasteiger partial charge is 0.443 e. The number of carbonyl (C=O) groups excluding carboxylic acids is 1. The van der Waals surface area contributed by atoms with Crippen molar-refractivity contribution in [3.8, 4) is 6.07 Å². The highest BCUT2D eigenvalue weighted by Crippen LogP contribution is 2.22. The van der Waals surface area contributed by atoms with Gasteiger partial charge in [-0.05, 0) is 18.2 Å². The molecule has 1 aromatic carbocycles. The van der Waals surface area contributed by atoms with Gasteiger partial charge < -0.3 is 4.74 Å². The average Bonchev–Trinajstić information content (AvgIpc) is 2.23. The number of hydrogen-bond donors (Lipinski definition) is 0. The topological polar surface area (TPSA) is 50.1 Å². The Morgan fingerprint density at radius 3 is 2.59 bits per heavy atom. The summed E-state index contributed by atoms with van der Waals surface area (Å²) in [6, 6.07) is 7.11. The Morgan fingerprint density at radius 2 is 2.12 bits per heavy atom. The van der Waals surface area contributed by atoms with Crippen molar-refractivity contribution in [2.24, 2.45) is 5.41 Å². The lowest BCUT2D eigenvalue weighted by Crippen LogP contribution is -2.30. The molecular weight excluding hydrogens is 221 g/mol. The highest BCUT2D eigenvalue weighted by Gasteiger charge is 2.28. The van der Waals surface area contributed by atoms with E-state index < -0.39 is 23.3 Å². The van der Waals surface area contributed by atoms with Crippen LogP contribution in [0.15, 0.2) is 24.3 Å². The summed E-state index contributed by atoms with van der Waals surface area (Å²) in [6.45, 7) is 5.37. The zero-order valence-corrected chi connectivity index (χ0v) is 10.0. The second kappa shape index (κ2) is 4.96. The first-order chi connectivity index (χ1) is 7.84. The summed E-state index contributed by atoms with van der Waals surface area (Å²) in [7, 11) is 0. The van der Waals surface area contributed by atoms with E-state index in [9.17, 15) is 9.18 Å². The summed E-state index contributed by atoms with van der Waals surface area (Å²) in [5.41, 5.74) is -0.368. The number of hydrogen-bond acceptors (Lipinski definition) is 3. The summed E-state index contributed by atoms with van der Waals surface area (Å²) >= 11 is 0. The molecule has 4 heteroatoms. The third-order valence-electron chi connectivity index (χ3n) is 2.19. The lowest BCUT2D eigenvalue weighted by molar-refractivity contribution is 0.0172. The van der Waals surface area contributed by atoms with Gasteiger partial charge in [0.25, 0.3) is 0 Å². The van der Waals surface area contributed by atoms with Crippen molar-refractivity contribution in [1.82, 2.24) is 0 Å². The first-order valence-corrected chi connectivity index (χ1v) is 5.21. The SMILES string of the molecule is CC(C)(C)[C@H](C#N)OC(=O)c1cccc(F)c1. The molecule has 0 saturated carbocycles. The van der Waals surface area contributed by atoms with Crippen LogP contribution in [-0.4, -0.2) is 12.1 Å². The van der Waals surface area contributed by atoms with Crippen LogP contribution in [0.2, 0.25) is 0 Å². The second-order valence-electron chi connectivity index (χ2n) is 4.79. The van der Waals surface area contributed by atoms with E-state index in [0.29, 0.717) is 0 Å². The fourth-order valence-electron chi connectivity index (χ4n) is 1.19. The number of benzene rings is 1. The van der Waals surface area contributed by atoms with Gasteiger partial charge in [0.15, 0.2) is 6.10 Å². The Bertz CT molecular complexity index is 457. The predicted octanol–water partition coefficient (Wildman–Crippen LogP) is 2.92. The average molecular weight is 235 g/mol. The number of nitrogens with zero attached hydrogens (tertiary/aromatic N) is 1. The number of ether oxygens (including phenoxy) is 1. The van der Waals surface area contributed by atoms with Crippen molar-refractivity contribution in [1.29, 1.82) is 5.26 Å². The molecular formula is C13H14FNO2. The first-order valence-electron chi connectivity index (χ1n) is 5.21. The molecule has 0 spiro atoms. The van der Waals surface area contributed by atoms with Crippen LogP contribution in [0.1, 0.15) is 31.1 Å². The van der Waals surface area contributed by atoms with Crippen LogP contribution in [0.3, 0.4) is 0 Å². The van der Waals surface area contributed by atoms with Gasteiger partial charge in [-0.3, -0.25) is 0 Å². The van der Waals surface area contributed by atoms with Crippen molar-refractivity contribution in [2.45, 2.75) is 26.9 Å². The minimum Gasteiger partial charge on any atom is -0.443 e. The van der Waals surface area contributed by atoms with Crippen molar-refractivity contribution >= 4 is 5.97 Å². The van der Waals surface area contributed by atoms with Gasteiger partial charge >= 0.3 is 5.97 Å². The molecule has 0 aliphatic heterocycles. The Kier molecular flexibility index (Phi) is 3.84. The molecule has 0 aliphatic carbocycles. The van der Waals surface area contributed by atoms with E-state index in [0.717, 1.165) is 6.07 Å². The van der Waals surface area contributed by atoms with E-state index in [2.05, 4.69) is 0 Å². The van der Waals surface area contributed by atoms with Crippen LogP contribution < -0.4 is 0 Å². The molecule has 0 radical (unpaired) electrons. The molecule has 1 rings (SSSR count). The van der Waals surface area contributed by atoms with E-state index in [1.165, 1.54) is 18.2 Å². The van der Waals surface area contributed by atoms with Crippen molar-refractivity contribution in [3.05, 3.63) is 35.6 Å². The van der Waals surface area contributed by atoms with Crippen LogP contribution in [0.5, 0.6) is 0 Å². The molecule has 1 atom stereocenters. The fraction of sp³-hybridized carbons (Fsp3) is 0.385. The fourth-order valence-corrected chi connectivity index (χ4v) is 1.19. The van der Waals surface area contributed by atoms with Crippen LogP contribution >= 0.6 is 0 Å². The molecule has 0 saturated heterocycles. The maximum Gasteiger partial charge on any atom is 0.339 e. The van der Waals surface area contributed by atoms with Gasteiger partial charge in [-0.2, -0.15) is 5.26 Å². The predicted molar refractivity (Wildman–Crippen MR) is 60.7 cm³/mol. The Labute approximate surface area is 99.8 Å². The minimum atomic E-state index is -0.863. The molecule has 0 unspecified atom stereocenters. The van der Waals surface area contributed by atoms with E-state index in [4.69, 9.17) is 10.00 Å². The van der Waals surface area contributed by atoms with Crippen molar-refractivity contribution < 1.29 is 13.9 Å². The highest BCUT2D eigenvalue weighted by atomic mass is 19.1. The Balaban J connectivity index is 2.83. The zero-order chi connectivity index (χ0) is 13.1. The number of carbonyl (C=O) groups is 1. The molecule has 17 heavy (non-hydrogen) atoms. The Morgan fingerprint density at radius 1 is 1.47 bits per heavy atom. The molecule has 3 nitrogen and oxygen atoms in total. The number of esters is 1. The van der Waals surface area contributed by atoms with Crippen molar-refractivity contribution in [3.63, 3.8) is 0 Å². The minimum absolute atomic E-state index is 0.106. The molecule has 0 amide bonds. The second-order valence-corrected chi connectivity index (χ2v) is 4.79. The molecule has 0 heterocycles. The Hall–Kier alpha value is -1.89. The smallest absolute Gasteiger partial charge is 0.339 e. The summed E-state index contributed by atoms with van der Waals surface area (Å²) in [6.07, 6.45) is -0.863. The lowest BCUT2D eigenvalue weighted by Gasteiger charge is -2.24. The lowest BCUT2D eigenvalue weighted by atomic mass is 9.90. The summed E-state index contributed by atoms with van der Waals surface area (Å²) in [5, 5.41) is 8.91. The first kappa shape index (κ1) is 13.2. The van der Waals surface area contributed by atoms with Crippen LogP contribution in [0.4, 0.5) is 4.39 Å². The zero-order valence-electron chi connectivity index (χ0n) is 10.0. The van der Waals surface area contributed by atoms with Gasteiger partial charge in [-0.15, -0.1) is 0 Å². The van der Waals surface area contributed by atoms with Gasteiger partial charge in [0.1, 0.15) is 11.9 Å². The molecule has 0 aliphatic rings. The van der Waals surface area contributed by atoms with E-state index >= 15 is 0 Å². The van der Waals surface area contributed by atoms with Gasteiger partial charge in [0, 0.05) is 5.41 Å². The number of halogens is 1. The molecule has 1 aromatic rings. The van der Waals surface area contributed by atoms with Gasteiger partial charge in [0.05, 0.1) is 5.56 Å². The number of nitriles is 1. The van der Waals surface area contributed by atoms with Gasteiger partial charge in [-0.1, -0.05) is 26.8 Å². The van der Waals surface area contributed by atoms with Crippen LogP contribution in [0, 0.1) is 22.6 Å². The van der Waals surface area contributed by atoms with Crippen LogP contribution in [0.25, 0.3) is 0 Å². The van der Waals surface area contributed by atoms with Crippen LogP contribution in [-0.2, 0) is 4.74 Å². The summed E-state index contributed by atoms with van der Waals surface area (Å²) < 4.78 is 17.9. The van der Waals surface area contributed by atoms with Crippen molar-refractivity contribution in [2.75, 3.05) is 0 Å². The van der Waals surface area contributed by atoms with E-state index in [1.54, 1.807) is 20.8 Å². The third kappa shape index (κ3) is 3.56. The molecule has 0 aromatic heterocycles. The van der Waals surface area contributed by atoms with Gasteiger partial charge in [-0.25, -0.2) is 9.18 Å². The molecule has 0 fully saturated rings. The standard InChI is InChI=1S/C13H14FNO2/c1-13(2,3)11(8-15)17-12(16)9-5-4-6-10(14)7-9/h4-7,11H,1-3H3/t11-/m0/s1. The summed E-state index contributed by atoms with van der Waals surface area (Å²) in [5.74, 6) is -1.20. The van der Waals surface area contributed by atoms with Gasteiger partial charge in [0.2, 0.25) is 0 Å². The third-order valence-corrected chi connectivity index (χ3v) is 2.19. The van der Waals surface area contributed by atoms with E-state index in [1.807, 2.05) is 6.07 Å².